The van der Waals surface area contributed by atoms with Gasteiger partial charge in [-0.25, -0.2) is 4.68 Å². The SMILES string of the molecule is Cc1ccc(N2CCN(CCCc3cc(-c4ccc(Cl)cc4)n(-c4ccccc4)n3)CC2)c(C)c1. The average molecular weight is 485 g/mol. The quantitative estimate of drug-likeness (QED) is 0.296. The minimum absolute atomic E-state index is 0.748. The molecule has 1 aromatic heterocycles. The maximum Gasteiger partial charge on any atom is 0.0743 e. The number of halogens is 1. The van der Waals surface area contributed by atoms with E-state index in [0.29, 0.717) is 0 Å². The van der Waals surface area contributed by atoms with Crippen LogP contribution in [0.2, 0.25) is 5.02 Å². The molecular weight excluding hydrogens is 452 g/mol. The smallest absolute Gasteiger partial charge is 0.0743 e. The Morgan fingerprint density at radius 1 is 0.829 bits per heavy atom. The van der Waals surface area contributed by atoms with Crippen molar-refractivity contribution < 1.29 is 0 Å². The van der Waals surface area contributed by atoms with Gasteiger partial charge in [0.05, 0.1) is 17.1 Å². The van der Waals surface area contributed by atoms with Gasteiger partial charge in [0, 0.05) is 42.5 Å². The Bertz CT molecular complexity index is 1260. The van der Waals surface area contributed by atoms with Crippen molar-refractivity contribution in [1.29, 1.82) is 0 Å². The Labute approximate surface area is 213 Å². The van der Waals surface area contributed by atoms with Crippen LogP contribution in [-0.4, -0.2) is 47.4 Å². The molecule has 0 unspecified atom stereocenters. The minimum atomic E-state index is 0.748. The van der Waals surface area contributed by atoms with Gasteiger partial charge >= 0.3 is 0 Å². The van der Waals surface area contributed by atoms with Crippen LogP contribution in [0.4, 0.5) is 5.69 Å². The summed E-state index contributed by atoms with van der Waals surface area (Å²) in [7, 11) is 0. The Morgan fingerprint density at radius 3 is 2.29 bits per heavy atom. The lowest BCUT2D eigenvalue weighted by molar-refractivity contribution is 0.254. The summed E-state index contributed by atoms with van der Waals surface area (Å²) in [5.74, 6) is 0. The van der Waals surface area contributed by atoms with Crippen LogP contribution in [0.1, 0.15) is 23.2 Å². The molecule has 0 saturated carbocycles. The molecular formula is C30H33ClN4. The first-order chi connectivity index (χ1) is 17.1. The van der Waals surface area contributed by atoms with Crippen LogP contribution < -0.4 is 4.90 Å². The molecule has 1 saturated heterocycles. The van der Waals surface area contributed by atoms with E-state index in [1.807, 2.05) is 18.2 Å². The Balaban J connectivity index is 1.21. The molecule has 0 bridgehead atoms. The standard InChI is InChI=1S/C30H33ClN4/c1-23-10-15-29(24(2)21-23)34-19-17-33(18-20-34)16-6-7-27-22-30(25-11-13-26(31)14-12-25)35(32-27)28-8-4-3-5-9-28/h3-5,8-15,21-22H,6-7,16-20H2,1-2H3. The minimum Gasteiger partial charge on any atom is -0.369 e. The van der Waals surface area contributed by atoms with E-state index < -0.39 is 0 Å². The van der Waals surface area contributed by atoms with Crippen molar-refractivity contribution in [3.05, 3.63) is 101 Å². The van der Waals surface area contributed by atoms with Crippen molar-refractivity contribution >= 4 is 17.3 Å². The maximum atomic E-state index is 6.13. The van der Waals surface area contributed by atoms with Gasteiger partial charge in [0.25, 0.3) is 0 Å². The zero-order valence-electron chi connectivity index (χ0n) is 20.6. The first-order valence-corrected chi connectivity index (χ1v) is 12.9. The fourth-order valence-corrected chi connectivity index (χ4v) is 5.13. The van der Waals surface area contributed by atoms with E-state index in [2.05, 4.69) is 89.0 Å². The van der Waals surface area contributed by atoms with Crippen LogP contribution in [0.3, 0.4) is 0 Å². The van der Waals surface area contributed by atoms with Crippen molar-refractivity contribution in [3.8, 4) is 16.9 Å². The molecule has 0 spiro atoms. The van der Waals surface area contributed by atoms with Crippen molar-refractivity contribution in [2.45, 2.75) is 26.7 Å². The van der Waals surface area contributed by atoms with Gasteiger partial charge in [-0.15, -0.1) is 0 Å². The first-order valence-electron chi connectivity index (χ1n) is 12.5. The monoisotopic (exact) mass is 484 g/mol. The Hall–Kier alpha value is -3.08. The van der Waals surface area contributed by atoms with Crippen LogP contribution in [0.15, 0.2) is 78.9 Å². The fraction of sp³-hybridized carbons (Fsp3) is 0.300. The number of nitrogens with zero attached hydrogens (tertiary/aromatic N) is 4. The highest BCUT2D eigenvalue weighted by Crippen LogP contribution is 2.26. The summed E-state index contributed by atoms with van der Waals surface area (Å²) in [5, 5.41) is 5.73. The molecule has 4 nitrogen and oxygen atoms in total. The van der Waals surface area contributed by atoms with E-state index in [-0.39, 0.29) is 0 Å². The normalized spacial score (nSPS) is 14.4. The molecule has 1 aliphatic heterocycles. The van der Waals surface area contributed by atoms with Gasteiger partial charge in [-0.2, -0.15) is 5.10 Å². The third kappa shape index (κ3) is 5.61. The second kappa shape index (κ2) is 10.7. The lowest BCUT2D eigenvalue weighted by Crippen LogP contribution is -2.46. The zero-order valence-corrected chi connectivity index (χ0v) is 21.4. The second-order valence-corrected chi connectivity index (χ2v) is 9.93. The van der Waals surface area contributed by atoms with Crippen molar-refractivity contribution in [1.82, 2.24) is 14.7 Å². The van der Waals surface area contributed by atoms with E-state index in [1.54, 1.807) is 0 Å². The molecule has 5 heteroatoms. The van der Waals surface area contributed by atoms with E-state index in [1.165, 1.54) is 16.8 Å². The molecule has 1 fully saturated rings. The molecule has 2 heterocycles. The van der Waals surface area contributed by atoms with E-state index in [9.17, 15) is 0 Å². The molecule has 180 valence electrons. The highest BCUT2D eigenvalue weighted by Gasteiger charge is 2.18. The molecule has 35 heavy (non-hydrogen) atoms. The highest BCUT2D eigenvalue weighted by molar-refractivity contribution is 6.30. The van der Waals surface area contributed by atoms with Crippen molar-refractivity contribution in [2.24, 2.45) is 0 Å². The van der Waals surface area contributed by atoms with Gasteiger partial charge < -0.3 is 4.90 Å². The van der Waals surface area contributed by atoms with E-state index in [4.69, 9.17) is 16.7 Å². The number of aromatic nitrogens is 2. The summed E-state index contributed by atoms with van der Waals surface area (Å²) in [6.07, 6.45) is 2.08. The molecule has 0 amide bonds. The number of para-hydroxylation sites is 1. The van der Waals surface area contributed by atoms with Crippen molar-refractivity contribution in [2.75, 3.05) is 37.6 Å². The molecule has 0 aliphatic carbocycles. The topological polar surface area (TPSA) is 24.3 Å². The van der Waals surface area contributed by atoms with Gasteiger partial charge in [0.1, 0.15) is 0 Å². The number of hydrogen-bond acceptors (Lipinski definition) is 3. The largest absolute Gasteiger partial charge is 0.369 e. The predicted molar refractivity (Wildman–Crippen MR) is 147 cm³/mol. The molecule has 1 aliphatic rings. The van der Waals surface area contributed by atoms with Gasteiger partial charge in [-0.3, -0.25) is 4.90 Å². The second-order valence-electron chi connectivity index (χ2n) is 9.50. The lowest BCUT2D eigenvalue weighted by atomic mass is 10.1. The number of anilines is 1. The van der Waals surface area contributed by atoms with Gasteiger partial charge in [0.15, 0.2) is 0 Å². The molecule has 0 N–H and O–H groups in total. The highest BCUT2D eigenvalue weighted by atomic mass is 35.5. The molecule has 3 aromatic carbocycles. The average Bonchev–Trinajstić information content (AvgIpc) is 3.30. The summed E-state index contributed by atoms with van der Waals surface area (Å²) < 4.78 is 2.06. The van der Waals surface area contributed by atoms with Gasteiger partial charge in [-0.05, 0) is 75.2 Å². The van der Waals surface area contributed by atoms with E-state index in [0.717, 1.165) is 73.2 Å². The molecule has 4 aromatic rings. The molecule has 0 radical (unpaired) electrons. The zero-order chi connectivity index (χ0) is 24.2. The number of piperazine rings is 1. The fourth-order valence-electron chi connectivity index (χ4n) is 5.00. The van der Waals surface area contributed by atoms with Crippen LogP contribution >= 0.6 is 11.6 Å². The summed E-state index contributed by atoms with van der Waals surface area (Å²) in [4.78, 5) is 5.12. The van der Waals surface area contributed by atoms with Crippen LogP contribution in [0, 0.1) is 13.8 Å². The predicted octanol–water partition coefficient (Wildman–Crippen LogP) is 6.56. The van der Waals surface area contributed by atoms with Crippen LogP contribution in [0.5, 0.6) is 0 Å². The van der Waals surface area contributed by atoms with Crippen LogP contribution in [0.25, 0.3) is 16.9 Å². The molecule has 0 atom stereocenters. The number of hydrogen-bond donors (Lipinski definition) is 0. The lowest BCUT2D eigenvalue weighted by Gasteiger charge is -2.36. The number of benzene rings is 3. The summed E-state index contributed by atoms with van der Waals surface area (Å²) in [5.41, 5.74) is 8.53. The number of rotatable bonds is 7. The van der Waals surface area contributed by atoms with Crippen LogP contribution in [-0.2, 0) is 6.42 Å². The van der Waals surface area contributed by atoms with Gasteiger partial charge in [0.2, 0.25) is 0 Å². The summed E-state index contributed by atoms with van der Waals surface area (Å²) in [6, 6.07) is 27.4. The molecule has 5 rings (SSSR count). The third-order valence-electron chi connectivity index (χ3n) is 6.87. The Morgan fingerprint density at radius 2 is 1.57 bits per heavy atom. The van der Waals surface area contributed by atoms with Crippen molar-refractivity contribution in [3.63, 3.8) is 0 Å². The summed E-state index contributed by atoms with van der Waals surface area (Å²) in [6.45, 7) is 9.90. The van der Waals surface area contributed by atoms with Gasteiger partial charge in [-0.1, -0.05) is 59.6 Å². The maximum absolute atomic E-state index is 6.13. The van der Waals surface area contributed by atoms with E-state index >= 15 is 0 Å². The third-order valence-corrected chi connectivity index (χ3v) is 7.13. The Kier molecular flexibility index (Phi) is 7.21. The summed E-state index contributed by atoms with van der Waals surface area (Å²) >= 11 is 6.13. The number of aryl methyl sites for hydroxylation is 3. The first kappa shape index (κ1) is 23.7.